The minimum Gasteiger partial charge on any atom is -0.469 e. The van der Waals surface area contributed by atoms with E-state index in [1.54, 1.807) is 0 Å². The number of benzene rings is 1. The number of Topliss-reactive ketones (excluding diaryl/α,β-unsaturated/α-hetero) is 1. The van der Waals surface area contributed by atoms with Crippen LogP contribution in [0.3, 0.4) is 0 Å². The first-order valence-corrected chi connectivity index (χ1v) is 7.60. The van der Waals surface area contributed by atoms with Crippen molar-refractivity contribution in [2.75, 3.05) is 7.11 Å². The number of aryl methyl sites for hydroxylation is 1. The highest BCUT2D eigenvalue weighted by Gasteiger charge is 2.30. The molecule has 4 nitrogen and oxygen atoms in total. The van der Waals surface area contributed by atoms with Crippen molar-refractivity contribution in [3.63, 3.8) is 0 Å². The first kappa shape index (κ1) is 15.7. The summed E-state index contributed by atoms with van der Waals surface area (Å²) in [6, 6.07) is 7.56. The van der Waals surface area contributed by atoms with E-state index in [1.807, 2.05) is 24.3 Å². The summed E-state index contributed by atoms with van der Waals surface area (Å²) in [7, 11) is 1.35. The van der Waals surface area contributed by atoms with Crippen LogP contribution in [0.2, 0.25) is 0 Å². The Kier molecular flexibility index (Phi) is 5.51. The lowest BCUT2D eigenvalue weighted by atomic mass is 9.99. The number of rotatable bonds is 8. The van der Waals surface area contributed by atoms with E-state index in [-0.39, 0.29) is 18.2 Å². The molecule has 1 saturated carbocycles. The molecule has 0 aromatic heterocycles. The molecule has 21 heavy (non-hydrogen) atoms. The van der Waals surface area contributed by atoms with Crippen molar-refractivity contribution in [3.05, 3.63) is 35.4 Å². The summed E-state index contributed by atoms with van der Waals surface area (Å²) in [6.07, 6.45) is 4.32. The fourth-order valence-corrected chi connectivity index (χ4v) is 2.34. The topological polar surface area (TPSA) is 55.4 Å². The second-order valence-corrected chi connectivity index (χ2v) is 5.58. The average Bonchev–Trinajstić information content (AvgIpc) is 3.31. The number of nitrogens with one attached hydrogen (secondary N) is 1. The Hall–Kier alpha value is -1.68. The van der Waals surface area contributed by atoms with Crippen LogP contribution in [-0.2, 0) is 16.0 Å². The van der Waals surface area contributed by atoms with E-state index in [0.29, 0.717) is 11.6 Å². The van der Waals surface area contributed by atoms with Gasteiger partial charge < -0.3 is 10.1 Å². The van der Waals surface area contributed by atoms with E-state index in [9.17, 15) is 9.59 Å². The number of carbonyl (C=O) groups excluding carboxylic acids is 2. The molecule has 1 unspecified atom stereocenters. The molecule has 1 aromatic rings. The van der Waals surface area contributed by atoms with Crippen molar-refractivity contribution in [1.82, 2.24) is 5.32 Å². The number of hydrogen-bond donors (Lipinski definition) is 1. The molecule has 4 heteroatoms. The predicted octanol–water partition coefficient (Wildman–Crippen LogP) is 2.51. The van der Waals surface area contributed by atoms with Gasteiger partial charge in [0.1, 0.15) is 0 Å². The Balaban J connectivity index is 2.06. The second-order valence-electron chi connectivity index (χ2n) is 5.58. The molecule has 2 rings (SSSR count). The van der Waals surface area contributed by atoms with Crippen LogP contribution in [-0.4, -0.2) is 30.9 Å². The van der Waals surface area contributed by atoms with E-state index in [0.717, 1.165) is 25.7 Å². The maximum Gasteiger partial charge on any atom is 0.307 e. The first-order chi connectivity index (χ1) is 10.1. The Morgan fingerprint density at radius 1 is 1.29 bits per heavy atom. The Bertz CT molecular complexity index is 491. The largest absolute Gasteiger partial charge is 0.469 e. The first-order valence-electron chi connectivity index (χ1n) is 7.60. The van der Waals surface area contributed by atoms with Gasteiger partial charge >= 0.3 is 5.97 Å². The number of methoxy groups -OCH3 is 1. The molecule has 1 aliphatic rings. The highest BCUT2D eigenvalue weighted by molar-refractivity contribution is 6.01. The van der Waals surface area contributed by atoms with Crippen molar-refractivity contribution in [2.24, 2.45) is 0 Å². The van der Waals surface area contributed by atoms with E-state index in [4.69, 9.17) is 0 Å². The third-order valence-electron chi connectivity index (χ3n) is 3.71. The van der Waals surface area contributed by atoms with Gasteiger partial charge in [0.05, 0.1) is 19.6 Å². The van der Waals surface area contributed by atoms with Crippen LogP contribution in [0.25, 0.3) is 0 Å². The molecule has 114 valence electrons. The van der Waals surface area contributed by atoms with Gasteiger partial charge in [-0.05, 0) is 24.8 Å². The van der Waals surface area contributed by atoms with Crippen molar-refractivity contribution in [3.8, 4) is 0 Å². The highest BCUT2D eigenvalue weighted by atomic mass is 16.5. The van der Waals surface area contributed by atoms with Gasteiger partial charge in [0.15, 0.2) is 5.78 Å². The highest BCUT2D eigenvalue weighted by Crippen LogP contribution is 2.21. The van der Waals surface area contributed by atoms with Gasteiger partial charge in [0.2, 0.25) is 0 Å². The van der Waals surface area contributed by atoms with Crippen LogP contribution >= 0.6 is 0 Å². The number of carbonyl (C=O) groups is 2. The zero-order chi connectivity index (χ0) is 15.2. The Morgan fingerprint density at radius 2 is 1.95 bits per heavy atom. The predicted molar refractivity (Wildman–Crippen MR) is 81.3 cm³/mol. The van der Waals surface area contributed by atoms with Crippen LogP contribution in [0.5, 0.6) is 0 Å². The quantitative estimate of drug-likeness (QED) is 0.590. The third-order valence-corrected chi connectivity index (χ3v) is 3.71. The molecule has 1 atom stereocenters. The normalized spacial score (nSPS) is 15.5. The SMILES string of the molecule is CCCc1ccc(C(=O)C(CC(=O)OC)NC2CC2)cc1. The lowest BCUT2D eigenvalue weighted by molar-refractivity contribution is -0.140. The fraction of sp³-hybridized carbons (Fsp3) is 0.529. The molecule has 1 aromatic carbocycles. The Labute approximate surface area is 125 Å². The van der Waals surface area contributed by atoms with Crippen molar-refractivity contribution >= 4 is 11.8 Å². The molecule has 1 N–H and O–H groups in total. The lowest BCUT2D eigenvalue weighted by Crippen LogP contribution is -2.40. The summed E-state index contributed by atoms with van der Waals surface area (Å²) in [5, 5.41) is 3.24. The molecule has 1 fully saturated rings. The van der Waals surface area contributed by atoms with Gasteiger partial charge in [-0.2, -0.15) is 0 Å². The summed E-state index contributed by atoms with van der Waals surface area (Å²) < 4.78 is 4.69. The third kappa shape index (κ3) is 4.67. The minimum atomic E-state index is -0.484. The zero-order valence-corrected chi connectivity index (χ0v) is 12.7. The van der Waals surface area contributed by atoms with Crippen LogP contribution in [0.1, 0.15) is 48.5 Å². The number of ketones is 1. The van der Waals surface area contributed by atoms with E-state index in [2.05, 4.69) is 17.0 Å². The minimum absolute atomic E-state index is 0.0321. The molecule has 0 heterocycles. The smallest absolute Gasteiger partial charge is 0.307 e. The van der Waals surface area contributed by atoms with Gasteiger partial charge in [-0.3, -0.25) is 9.59 Å². The molecule has 1 aliphatic carbocycles. The molecule has 0 aliphatic heterocycles. The molecule has 0 saturated heterocycles. The van der Waals surface area contributed by atoms with Crippen LogP contribution in [0, 0.1) is 0 Å². The summed E-state index contributed by atoms with van der Waals surface area (Å²) in [6.45, 7) is 2.13. The molecule has 0 radical (unpaired) electrons. The van der Waals surface area contributed by atoms with Crippen molar-refractivity contribution < 1.29 is 14.3 Å². The van der Waals surface area contributed by atoms with Gasteiger partial charge in [-0.15, -0.1) is 0 Å². The average molecular weight is 289 g/mol. The summed E-state index contributed by atoms with van der Waals surface area (Å²) in [5.41, 5.74) is 1.88. The van der Waals surface area contributed by atoms with Crippen LogP contribution in [0.4, 0.5) is 0 Å². The zero-order valence-electron chi connectivity index (χ0n) is 12.7. The number of ether oxygens (including phenoxy) is 1. The van der Waals surface area contributed by atoms with Gasteiger partial charge in [-0.1, -0.05) is 37.6 Å². The number of esters is 1. The van der Waals surface area contributed by atoms with E-state index in [1.165, 1.54) is 12.7 Å². The van der Waals surface area contributed by atoms with Gasteiger partial charge in [-0.25, -0.2) is 0 Å². The van der Waals surface area contributed by atoms with Crippen LogP contribution < -0.4 is 5.32 Å². The summed E-state index contributed by atoms with van der Waals surface area (Å²) in [5.74, 6) is -0.389. The van der Waals surface area contributed by atoms with E-state index >= 15 is 0 Å². The fourth-order valence-electron chi connectivity index (χ4n) is 2.34. The molecule has 0 amide bonds. The molecular formula is C17H23NO3. The van der Waals surface area contributed by atoms with Crippen molar-refractivity contribution in [1.29, 1.82) is 0 Å². The van der Waals surface area contributed by atoms with Crippen molar-refractivity contribution in [2.45, 2.75) is 51.1 Å². The summed E-state index contributed by atoms with van der Waals surface area (Å²) in [4.78, 5) is 24.0. The van der Waals surface area contributed by atoms with E-state index < -0.39 is 6.04 Å². The van der Waals surface area contributed by atoms with Gasteiger partial charge in [0.25, 0.3) is 0 Å². The lowest BCUT2D eigenvalue weighted by Gasteiger charge is -2.16. The maximum absolute atomic E-state index is 12.6. The Morgan fingerprint density at radius 3 is 2.48 bits per heavy atom. The molecular weight excluding hydrogens is 266 g/mol. The number of hydrogen-bond acceptors (Lipinski definition) is 4. The van der Waals surface area contributed by atoms with Gasteiger partial charge in [0, 0.05) is 11.6 Å². The molecule has 0 spiro atoms. The second kappa shape index (κ2) is 7.36. The summed E-state index contributed by atoms with van der Waals surface area (Å²) >= 11 is 0. The molecule has 0 bridgehead atoms. The maximum atomic E-state index is 12.6. The standard InChI is InChI=1S/C17H23NO3/c1-3-4-12-5-7-13(8-6-12)17(20)15(11-16(19)21-2)18-14-9-10-14/h5-8,14-15,18H,3-4,9-11H2,1-2H3. The van der Waals surface area contributed by atoms with Crippen LogP contribution in [0.15, 0.2) is 24.3 Å². The monoisotopic (exact) mass is 289 g/mol.